The number of benzene rings is 1. The summed E-state index contributed by atoms with van der Waals surface area (Å²) in [6.45, 7) is 0. The van der Waals surface area contributed by atoms with E-state index < -0.39 is 26.3 Å². The van der Waals surface area contributed by atoms with Crippen LogP contribution in [0.2, 0.25) is 0 Å². The van der Waals surface area contributed by atoms with Crippen LogP contribution < -0.4 is 11.3 Å². The minimum atomic E-state index is -4.44. The summed E-state index contributed by atoms with van der Waals surface area (Å²) >= 11 is 0. The zero-order chi connectivity index (χ0) is 11.9. The molecule has 8 heteroatoms. The van der Waals surface area contributed by atoms with Crippen LogP contribution in [-0.4, -0.2) is 13.0 Å². The molecule has 0 spiro atoms. The van der Waals surface area contributed by atoms with E-state index in [1.165, 1.54) is 0 Å². The van der Waals surface area contributed by atoms with Gasteiger partial charge in [0.2, 0.25) is 0 Å². The van der Waals surface area contributed by atoms with Crippen molar-refractivity contribution in [2.24, 2.45) is 0 Å². The third-order valence-corrected chi connectivity index (χ3v) is 2.77. The second kappa shape index (κ2) is 3.29. The quantitative estimate of drug-likeness (QED) is 0.554. The van der Waals surface area contributed by atoms with Gasteiger partial charge in [-0.25, -0.2) is 18.7 Å². The molecule has 1 aromatic carbocycles. The second-order valence-corrected chi connectivity index (χ2v) is 4.35. The molecule has 0 aliphatic heterocycles. The Hall–Kier alpha value is -1.93. The van der Waals surface area contributed by atoms with Crippen LogP contribution in [0.15, 0.2) is 41.8 Å². The molecule has 0 radical (unpaired) electrons. The second-order valence-electron chi connectivity index (χ2n) is 2.92. The van der Waals surface area contributed by atoms with Crippen molar-refractivity contribution in [1.29, 1.82) is 0 Å². The van der Waals surface area contributed by atoms with Crippen molar-refractivity contribution in [1.82, 2.24) is 0 Å². The molecule has 2 rings (SSSR count). The average molecular weight is 244 g/mol. The molecule has 0 saturated carbocycles. The Balaban J connectivity index is 2.98. The molecule has 16 heavy (non-hydrogen) atoms. The Morgan fingerprint density at radius 2 is 1.56 bits per heavy atom. The molecule has 0 saturated heterocycles. The van der Waals surface area contributed by atoms with Crippen molar-refractivity contribution in [3.05, 3.63) is 39.0 Å². The van der Waals surface area contributed by atoms with Gasteiger partial charge in [-0.3, -0.25) is 4.55 Å². The van der Waals surface area contributed by atoms with Crippen LogP contribution in [0, 0.1) is 0 Å². The third-order valence-electron chi connectivity index (χ3n) is 1.92. The summed E-state index contributed by atoms with van der Waals surface area (Å²) in [6, 6.07) is 2.88. The van der Waals surface area contributed by atoms with Gasteiger partial charge in [0.15, 0.2) is 0 Å². The Bertz CT molecular complexity index is 765. The van der Waals surface area contributed by atoms with E-state index in [-0.39, 0.29) is 10.8 Å². The maximum atomic E-state index is 11.1. The highest BCUT2D eigenvalue weighted by Crippen LogP contribution is 2.13. The fourth-order valence-electron chi connectivity index (χ4n) is 1.20. The van der Waals surface area contributed by atoms with E-state index in [4.69, 9.17) is 4.55 Å². The van der Waals surface area contributed by atoms with Crippen molar-refractivity contribution < 1.29 is 22.1 Å². The van der Waals surface area contributed by atoms with Gasteiger partial charge in [0.05, 0.1) is 15.7 Å². The van der Waals surface area contributed by atoms with Crippen molar-refractivity contribution in [3.8, 4) is 0 Å². The van der Waals surface area contributed by atoms with Crippen molar-refractivity contribution >= 4 is 20.9 Å². The standard InChI is InChI=1S/C8H4O7S/c9-7-5-2-1-4(16(11,12)13)3-6(5)8(10)15-14-7/h1-3H,(H,11,12,13). The zero-order valence-electron chi connectivity index (χ0n) is 7.54. The molecule has 0 fully saturated rings. The lowest BCUT2D eigenvalue weighted by Gasteiger charge is -1.97. The lowest BCUT2D eigenvalue weighted by atomic mass is 10.2. The van der Waals surface area contributed by atoms with Crippen molar-refractivity contribution in [3.63, 3.8) is 0 Å². The van der Waals surface area contributed by atoms with E-state index in [9.17, 15) is 18.0 Å². The van der Waals surface area contributed by atoms with E-state index in [0.29, 0.717) is 0 Å². The average Bonchev–Trinajstić information content (AvgIpc) is 2.22. The highest BCUT2D eigenvalue weighted by molar-refractivity contribution is 7.85. The number of hydrogen-bond donors (Lipinski definition) is 1. The Labute approximate surface area is 87.6 Å². The van der Waals surface area contributed by atoms with Crippen LogP contribution in [0.3, 0.4) is 0 Å². The minimum absolute atomic E-state index is 0.122. The molecular weight excluding hydrogens is 240 g/mol. The Kier molecular flexibility index (Phi) is 2.17. The summed E-state index contributed by atoms with van der Waals surface area (Å²) in [7, 11) is -4.44. The SMILES string of the molecule is O=c1ooc(=O)c2cc(S(=O)(=O)O)ccc12. The van der Waals surface area contributed by atoms with Gasteiger partial charge in [-0.05, 0) is 18.2 Å². The van der Waals surface area contributed by atoms with Gasteiger partial charge in [-0.2, -0.15) is 8.42 Å². The fourth-order valence-corrected chi connectivity index (χ4v) is 1.70. The van der Waals surface area contributed by atoms with Crippen molar-refractivity contribution in [2.75, 3.05) is 0 Å². The Morgan fingerprint density at radius 1 is 1.00 bits per heavy atom. The van der Waals surface area contributed by atoms with Crippen molar-refractivity contribution in [2.45, 2.75) is 4.90 Å². The lowest BCUT2D eigenvalue weighted by Crippen LogP contribution is -2.10. The van der Waals surface area contributed by atoms with E-state index in [1.54, 1.807) is 0 Å². The lowest BCUT2D eigenvalue weighted by molar-refractivity contribution is 0.0217. The van der Waals surface area contributed by atoms with E-state index in [2.05, 4.69) is 9.15 Å². The summed E-state index contributed by atoms with van der Waals surface area (Å²) < 4.78 is 38.4. The molecule has 1 aromatic heterocycles. The van der Waals surface area contributed by atoms with Gasteiger partial charge in [0.25, 0.3) is 10.1 Å². The first-order valence-electron chi connectivity index (χ1n) is 3.94. The van der Waals surface area contributed by atoms with Crippen LogP contribution in [-0.2, 0) is 10.1 Å². The molecule has 0 bridgehead atoms. The summed E-state index contributed by atoms with van der Waals surface area (Å²) in [6.07, 6.45) is 0. The topological polar surface area (TPSA) is 115 Å². The van der Waals surface area contributed by atoms with Gasteiger partial charge >= 0.3 is 11.3 Å². The summed E-state index contributed by atoms with van der Waals surface area (Å²) in [5.74, 6) is 0. The fraction of sp³-hybridized carbons (Fsp3) is 0. The van der Waals surface area contributed by atoms with Crippen LogP contribution in [0.25, 0.3) is 10.8 Å². The summed E-state index contributed by atoms with van der Waals surface area (Å²) in [4.78, 5) is 21.7. The molecule has 7 nitrogen and oxygen atoms in total. The molecular formula is C8H4O7S. The molecule has 0 aliphatic carbocycles. The summed E-state index contributed by atoms with van der Waals surface area (Å²) in [5.41, 5.74) is -1.91. The van der Waals surface area contributed by atoms with Gasteiger partial charge < -0.3 is 0 Å². The number of rotatable bonds is 1. The first-order valence-corrected chi connectivity index (χ1v) is 5.38. The number of fused-ring (bicyclic) bond motifs is 1. The smallest absolute Gasteiger partial charge is 0.282 e. The van der Waals surface area contributed by atoms with E-state index in [1.807, 2.05) is 0 Å². The largest absolute Gasteiger partial charge is 0.387 e. The molecule has 0 atom stereocenters. The molecule has 0 unspecified atom stereocenters. The Morgan fingerprint density at radius 3 is 2.12 bits per heavy atom. The third kappa shape index (κ3) is 1.64. The van der Waals surface area contributed by atoms with Gasteiger partial charge in [-0.15, -0.1) is 0 Å². The predicted molar refractivity (Wildman–Crippen MR) is 50.8 cm³/mol. The number of hydrogen-bond acceptors (Lipinski definition) is 6. The molecule has 2 aromatic rings. The molecule has 0 amide bonds. The molecule has 1 N–H and O–H groups in total. The van der Waals surface area contributed by atoms with Crippen LogP contribution in [0.5, 0.6) is 0 Å². The maximum Gasteiger partial charge on any atom is 0.387 e. The van der Waals surface area contributed by atoms with E-state index >= 15 is 0 Å². The summed E-state index contributed by atoms with van der Waals surface area (Å²) in [5, 5.41) is -0.393. The first-order chi connectivity index (χ1) is 7.39. The monoisotopic (exact) mass is 244 g/mol. The zero-order valence-corrected chi connectivity index (χ0v) is 8.35. The van der Waals surface area contributed by atoms with Crippen LogP contribution >= 0.6 is 0 Å². The van der Waals surface area contributed by atoms with Gasteiger partial charge in [0, 0.05) is 0 Å². The molecule has 0 aliphatic rings. The minimum Gasteiger partial charge on any atom is -0.282 e. The first kappa shape index (κ1) is 10.6. The van der Waals surface area contributed by atoms with Crippen LogP contribution in [0.1, 0.15) is 0 Å². The molecule has 84 valence electrons. The highest BCUT2D eigenvalue weighted by atomic mass is 32.2. The predicted octanol–water partition coefficient (Wildman–Crippen LogP) is -0.00710. The van der Waals surface area contributed by atoms with Gasteiger partial charge in [0.1, 0.15) is 0 Å². The van der Waals surface area contributed by atoms with Crippen LogP contribution in [0.4, 0.5) is 0 Å². The normalized spacial score (nSPS) is 11.8. The van der Waals surface area contributed by atoms with Gasteiger partial charge in [-0.1, -0.05) is 0 Å². The molecule has 1 heterocycles. The van der Waals surface area contributed by atoms with E-state index in [0.717, 1.165) is 18.2 Å². The highest BCUT2D eigenvalue weighted by Gasteiger charge is 2.14. The maximum absolute atomic E-state index is 11.1.